The van der Waals surface area contributed by atoms with Crippen LogP contribution in [0.3, 0.4) is 0 Å². The van der Waals surface area contributed by atoms with Crippen LogP contribution < -0.4 is 5.73 Å². The van der Waals surface area contributed by atoms with Crippen molar-refractivity contribution in [1.82, 2.24) is 4.90 Å². The van der Waals surface area contributed by atoms with E-state index in [9.17, 15) is 14.7 Å². The number of hydrogen-bond acceptors (Lipinski definition) is 3. The Bertz CT molecular complexity index is 771. The standard InChI is InChI=1S/C20H22N2O3/c21-19(24)18-7-2-1-6-17(18)14-8-10-15(11-9-14)20(25)22-12-4-3-5-16(22)13-23/h1-2,6-11,16,23H,3-5,12-13H2,(H2,21,24)/t16-/m0/s1. The Balaban J connectivity index is 1.85. The van der Waals surface area contributed by atoms with Crippen LogP contribution in [0.2, 0.25) is 0 Å². The summed E-state index contributed by atoms with van der Waals surface area (Å²) >= 11 is 0. The minimum absolute atomic E-state index is 0.00416. The molecule has 0 saturated carbocycles. The van der Waals surface area contributed by atoms with Gasteiger partial charge in [-0.1, -0.05) is 30.3 Å². The van der Waals surface area contributed by atoms with Gasteiger partial charge >= 0.3 is 0 Å². The van der Waals surface area contributed by atoms with Gasteiger partial charge in [-0.05, 0) is 48.6 Å². The zero-order chi connectivity index (χ0) is 17.8. The molecule has 0 unspecified atom stereocenters. The van der Waals surface area contributed by atoms with Crippen molar-refractivity contribution in [3.8, 4) is 11.1 Å². The highest BCUT2D eigenvalue weighted by molar-refractivity contribution is 6.00. The predicted molar refractivity (Wildman–Crippen MR) is 96.2 cm³/mol. The van der Waals surface area contributed by atoms with Gasteiger partial charge in [-0.15, -0.1) is 0 Å². The van der Waals surface area contributed by atoms with Crippen molar-refractivity contribution in [2.45, 2.75) is 25.3 Å². The summed E-state index contributed by atoms with van der Waals surface area (Å²) in [6.07, 6.45) is 2.84. The zero-order valence-electron chi connectivity index (χ0n) is 14.0. The molecule has 0 spiro atoms. The number of nitrogens with two attached hydrogens (primary N) is 1. The van der Waals surface area contributed by atoms with Crippen LogP contribution in [-0.2, 0) is 0 Å². The summed E-state index contributed by atoms with van der Waals surface area (Å²) in [5.41, 5.74) is 8.06. The molecule has 1 atom stereocenters. The molecule has 5 heteroatoms. The largest absolute Gasteiger partial charge is 0.394 e. The number of aliphatic hydroxyl groups is 1. The van der Waals surface area contributed by atoms with Gasteiger partial charge < -0.3 is 15.7 Å². The minimum atomic E-state index is -0.477. The fourth-order valence-electron chi connectivity index (χ4n) is 3.37. The van der Waals surface area contributed by atoms with Crippen molar-refractivity contribution in [2.24, 2.45) is 5.73 Å². The second-order valence-electron chi connectivity index (χ2n) is 6.32. The van der Waals surface area contributed by atoms with Gasteiger partial charge in [0.15, 0.2) is 0 Å². The number of primary amides is 1. The summed E-state index contributed by atoms with van der Waals surface area (Å²) < 4.78 is 0. The van der Waals surface area contributed by atoms with Crippen molar-refractivity contribution in [2.75, 3.05) is 13.2 Å². The molecular formula is C20H22N2O3. The topological polar surface area (TPSA) is 83.6 Å². The van der Waals surface area contributed by atoms with Crippen LogP contribution in [0.1, 0.15) is 40.0 Å². The molecule has 0 aromatic heterocycles. The molecule has 25 heavy (non-hydrogen) atoms. The molecular weight excluding hydrogens is 316 g/mol. The summed E-state index contributed by atoms with van der Waals surface area (Å²) in [7, 11) is 0. The van der Waals surface area contributed by atoms with Crippen molar-refractivity contribution in [1.29, 1.82) is 0 Å². The van der Waals surface area contributed by atoms with E-state index in [-0.39, 0.29) is 18.6 Å². The molecule has 130 valence electrons. The third kappa shape index (κ3) is 3.56. The monoisotopic (exact) mass is 338 g/mol. The number of piperidine rings is 1. The smallest absolute Gasteiger partial charge is 0.254 e. The van der Waals surface area contributed by atoms with Crippen molar-refractivity contribution in [3.63, 3.8) is 0 Å². The Morgan fingerprint density at radius 1 is 1.08 bits per heavy atom. The quantitative estimate of drug-likeness (QED) is 0.898. The van der Waals surface area contributed by atoms with Crippen LogP contribution in [0, 0.1) is 0 Å². The second-order valence-corrected chi connectivity index (χ2v) is 6.32. The number of likely N-dealkylation sites (tertiary alicyclic amines) is 1. The van der Waals surface area contributed by atoms with Gasteiger partial charge in [-0.25, -0.2) is 0 Å². The Morgan fingerprint density at radius 3 is 2.48 bits per heavy atom. The summed E-state index contributed by atoms with van der Waals surface area (Å²) in [6.45, 7) is 0.673. The van der Waals surface area contributed by atoms with Crippen molar-refractivity contribution < 1.29 is 14.7 Å². The molecule has 2 aromatic rings. The lowest BCUT2D eigenvalue weighted by molar-refractivity contribution is 0.0503. The molecule has 1 saturated heterocycles. The van der Waals surface area contributed by atoms with Gasteiger partial charge in [0.25, 0.3) is 5.91 Å². The number of aliphatic hydroxyl groups excluding tert-OH is 1. The Labute approximate surface area is 147 Å². The summed E-state index contributed by atoms with van der Waals surface area (Å²) in [5, 5.41) is 9.49. The number of hydrogen-bond donors (Lipinski definition) is 2. The number of carbonyl (C=O) groups excluding carboxylic acids is 2. The van der Waals surface area contributed by atoms with Crippen molar-refractivity contribution in [3.05, 3.63) is 59.7 Å². The van der Waals surface area contributed by atoms with Gasteiger partial charge in [0, 0.05) is 17.7 Å². The fraction of sp³-hybridized carbons (Fsp3) is 0.300. The van der Waals surface area contributed by atoms with E-state index in [1.165, 1.54) is 0 Å². The Morgan fingerprint density at radius 2 is 1.80 bits per heavy atom. The molecule has 2 aromatic carbocycles. The number of amides is 2. The lowest BCUT2D eigenvalue weighted by Gasteiger charge is -2.34. The molecule has 3 rings (SSSR count). The van der Waals surface area contributed by atoms with Crippen LogP contribution >= 0.6 is 0 Å². The Hall–Kier alpha value is -2.66. The summed E-state index contributed by atoms with van der Waals surface area (Å²) in [4.78, 5) is 26.1. The lowest BCUT2D eigenvalue weighted by Crippen LogP contribution is -2.45. The molecule has 5 nitrogen and oxygen atoms in total. The summed E-state index contributed by atoms with van der Waals surface area (Å²) in [5.74, 6) is -0.539. The molecule has 1 fully saturated rings. The maximum absolute atomic E-state index is 12.7. The third-order valence-corrected chi connectivity index (χ3v) is 4.73. The Kier molecular flexibility index (Phi) is 5.14. The zero-order valence-corrected chi connectivity index (χ0v) is 14.0. The minimum Gasteiger partial charge on any atom is -0.394 e. The highest BCUT2D eigenvalue weighted by Gasteiger charge is 2.26. The van der Waals surface area contributed by atoms with E-state index >= 15 is 0 Å². The molecule has 0 aliphatic carbocycles. The van der Waals surface area contributed by atoms with Crippen LogP contribution in [0.5, 0.6) is 0 Å². The predicted octanol–water partition coefficient (Wildman–Crippen LogP) is 2.44. The van der Waals surface area contributed by atoms with Crippen LogP contribution in [0.4, 0.5) is 0 Å². The number of nitrogens with zero attached hydrogens (tertiary/aromatic N) is 1. The molecule has 1 aliphatic rings. The third-order valence-electron chi connectivity index (χ3n) is 4.73. The molecule has 0 radical (unpaired) electrons. The van der Waals surface area contributed by atoms with E-state index < -0.39 is 5.91 Å². The van der Waals surface area contributed by atoms with Crippen LogP contribution in [-0.4, -0.2) is 41.0 Å². The van der Waals surface area contributed by atoms with E-state index in [1.807, 2.05) is 24.3 Å². The molecule has 1 aliphatic heterocycles. The van der Waals surface area contributed by atoms with Gasteiger partial charge in [-0.3, -0.25) is 9.59 Å². The average molecular weight is 338 g/mol. The highest BCUT2D eigenvalue weighted by Crippen LogP contribution is 2.25. The van der Waals surface area contributed by atoms with Gasteiger partial charge in [-0.2, -0.15) is 0 Å². The van der Waals surface area contributed by atoms with Crippen molar-refractivity contribution >= 4 is 11.8 Å². The molecule has 2 amide bonds. The first-order valence-corrected chi connectivity index (χ1v) is 8.53. The molecule has 0 bridgehead atoms. The first-order chi connectivity index (χ1) is 12.1. The van der Waals surface area contributed by atoms with Gasteiger partial charge in [0.1, 0.15) is 0 Å². The first kappa shape index (κ1) is 17.2. The van der Waals surface area contributed by atoms with Crippen LogP contribution in [0.25, 0.3) is 11.1 Å². The van der Waals surface area contributed by atoms with Gasteiger partial charge in [0.05, 0.1) is 12.6 Å². The van der Waals surface area contributed by atoms with E-state index in [4.69, 9.17) is 5.73 Å². The van der Waals surface area contributed by atoms with E-state index in [0.29, 0.717) is 17.7 Å². The fourth-order valence-corrected chi connectivity index (χ4v) is 3.37. The second kappa shape index (κ2) is 7.49. The van der Waals surface area contributed by atoms with E-state index in [2.05, 4.69) is 0 Å². The first-order valence-electron chi connectivity index (χ1n) is 8.53. The van der Waals surface area contributed by atoms with Crippen LogP contribution in [0.15, 0.2) is 48.5 Å². The SMILES string of the molecule is NC(=O)c1ccccc1-c1ccc(C(=O)N2CCCC[C@H]2CO)cc1. The number of benzene rings is 2. The van der Waals surface area contributed by atoms with E-state index in [0.717, 1.165) is 30.4 Å². The number of rotatable bonds is 4. The highest BCUT2D eigenvalue weighted by atomic mass is 16.3. The van der Waals surface area contributed by atoms with E-state index in [1.54, 1.807) is 29.2 Å². The lowest BCUT2D eigenvalue weighted by atomic mass is 9.97. The molecule has 3 N–H and O–H groups in total. The maximum Gasteiger partial charge on any atom is 0.254 e. The molecule has 1 heterocycles. The summed E-state index contributed by atoms with van der Waals surface area (Å²) in [6, 6.07) is 14.2. The maximum atomic E-state index is 12.7. The van der Waals surface area contributed by atoms with Gasteiger partial charge in [0.2, 0.25) is 5.91 Å². The average Bonchev–Trinajstić information content (AvgIpc) is 2.67. The number of carbonyl (C=O) groups is 2. The normalized spacial score (nSPS) is 17.3.